The van der Waals surface area contributed by atoms with Crippen LogP contribution in [-0.2, 0) is 9.59 Å². The fourth-order valence-electron chi connectivity index (χ4n) is 1.45. The molecule has 1 N–H and O–H groups in total. The van der Waals surface area contributed by atoms with Crippen molar-refractivity contribution in [1.29, 1.82) is 0 Å². The molecule has 1 amide bonds. The quantitative estimate of drug-likeness (QED) is 0.765. The van der Waals surface area contributed by atoms with Gasteiger partial charge in [0.15, 0.2) is 0 Å². The van der Waals surface area contributed by atoms with Crippen molar-refractivity contribution in [2.45, 2.75) is 26.3 Å². The molecule has 7 heteroatoms. The van der Waals surface area contributed by atoms with Gasteiger partial charge in [-0.05, 0) is 13.8 Å². The van der Waals surface area contributed by atoms with Crippen LogP contribution in [0.3, 0.4) is 0 Å². The van der Waals surface area contributed by atoms with Gasteiger partial charge in [0.2, 0.25) is 5.91 Å². The molecule has 1 aromatic rings. The Balaban J connectivity index is 2.62. The van der Waals surface area contributed by atoms with E-state index in [1.807, 2.05) is 6.92 Å². The molecule has 1 atom stereocenters. The van der Waals surface area contributed by atoms with E-state index in [1.165, 1.54) is 22.2 Å². The Morgan fingerprint density at radius 1 is 1.53 bits per heavy atom. The van der Waals surface area contributed by atoms with E-state index in [2.05, 4.69) is 10.1 Å². The third-order valence-corrected chi connectivity index (χ3v) is 2.48. The van der Waals surface area contributed by atoms with Crippen LogP contribution in [0.1, 0.15) is 26.3 Å². The van der Waals surface area contributed by atoms with E-state index in [0.717, 1.165) is 0 Å². The largest absolute Gasteiger partial charge is 0.481 e. The van der Waals surface area contributed by atoms with E-state index >= 15 is 0 Å². The third-order valence-electron chi connectivity index (χ3n) is 2.48. The minimum absolute atomic E-state index is 0.0519. The lowest BCUT2D eigenvalue weighted by Crippen LogP contribution is -2.37. The summed E-state index contributed by atoms with van der Waals surface area (Å²) in [7, 11) is 0. The summed E-state index contributed by atoms with van der Waals surface area (Å²) in [4.78, 5) is 27.8. The Labute approximate surface area is 99.1 Å². The molecule has 1 rings (SSSR count). The van der Waals surface area contributed by atoms with Crippen LogP contribution in [0, 0.1) is 0 Å². The van der Waals surface area contributed by atoms with Crippen molar-refractivity contribution in [3.63, 3.8) is 0 Å². The summed E-state index contributed by atoms with van der Waals surface area (Å²) in [6, 6.07) is -0.466. The smallest absolute Gasteiger partial charge is 0.305 e. The van der Waals surface area contributed by atoms with Crippen molar-refractivity contribution in [1.82, 2.24) is 19.7 Å². The zero-order valence-corrected chi connectivity index (χ0v) is 9.91. The monoisotopic (exact) mass is 240 g/mol. The van der Waals surface area contributed by atoms with Crippen LogP contribution in [0.4, 0.5) is 0 Å². The van der Waals surface area contributed by atoms with Crippen LogP contribution in [0.5, 0.6) is 0 Å². The normalized spacial score (nSPS) is 12.1. The second-order valence-corrected chi connectivity index (χ2v) is 3.61. The first-order chi connectivity index (χ1) is 8.06. The van der Waals surface area contributed by atoms with E-state index < -0.39 is 12.0 Å². The summed E-state index contributed by atoms with van der Waals surface area (Å²) in [6.45, 7) is 4.21. The Hall–Kier alpha value is -1.92. The zero-order valence-electron chi connectivity index (χ0n) is 9.91. The molecule has 1 unspecified atom stereocenters. The number of amides is 1. The van der Waals surface area contributed by atoms with Crippen molar-refractivity contribution in [2.24, 2.45) is 0 Å². The van der Waals surface area contributed by atoms with E-state index in [1.54, 1.807) is 6.92 Å². The van der Waals surface area contributed by atoms with Crippen molar-refractivity contribution in [2.75, 3.05) is 13.1 Å². The second-order valence-electron chi connectivity index (χ2n) is 3.61. The predicted molar refractivity (Wildman–Crippen MR) is 59.2 cm³/mol. The standard InChI is InChI=1S/C10H16N4O3/c1-3-13(5-4-9(15)16)10(17)8(2)14-7-11-6-12-14/h6-8H,3-5H2,1-2H3,(H,15,16). The Kier molecular flexibility index (Phi) is 4.62. The highest BCUT2D eigenvalue weighted by Gasteiger charge is 2.21. The lowest BCUT2D eigenvalue weighted by molar-refractivity contribution is -0.139. The fraction of sp³-hybridized carbons (Fsp3) is 0.600. The Morgan fingerprint density at radius 3 is 2.71 bits per heavy atom. The average molecular weight is 240 g/mol. The SMILES string of the molecule is CCN(CCC(=O)O)C(=O)C(C)n1cncn1. The molecular formula is C10H16N4O3. The molecule has 1 aromatic heterocycles. The number of nitrogens with zero attached hydrogens (tertiary/aromatic N) is 4. The van der Waals surface area contributed by atoms with E-state index in [-0.39, 0.29) is 18.9 Å². The van der Waals surface area contributed by atoms with E-state index in [4.69, 9.17) is 5.11 Å². The van der Waals surface area contributed by atoms with E-state index in [0.29, 0.717) is 6.54 Å². The number of aromatic nitrogens is 3. The molecule has 0 aromatic carbocycles. The first-order valence-electron chi connectivity index (χ1n) is 5.41. The molecule has 17 heavy (non-hydrogen) atoms. The van der Waals surface area contributed by atoms with Gasteiger partial charge < -0.3 is 10.0 Å². The van der Waals surface area contributed by atoms with Gasteiger partial charge in [-0.1, -0.05) is 0 Å². The lowest BCUT2D eigenvalue weighted by atomic mass is 10.2. The van der Waals surface area contributed by atoms with E-state index in [9.17, 15) is 9.59 Å². The Bertz CT molecular complexity index is 377. The topological polar surface area (TPSA) is 88.3 Å². The maximum absolute atomic E-state index is 12.0. The van der Waals surface area contributed by atoms with Gasteiger partial charge in [-0.2, -0.15) is 5.10 Å². The van der Waals surface area contributed by atoms with Crippen LogP contribution in [-0.4, -0.2) is 49.7 Å². The number of hydrogen-bond acceptors (Lipinski definition) is 4. The van der Waals surface area contributed by atoms with Crippen molar-refractivity contribution < 1.29 is 14.7 Å². The fourth-order valence-corrected chi connectivity index (χ4v) is 1.45. The zero-order chi connectivity index (χ0) is 12.8. The maximum atomic E-state index is 12.0. The lowest BCUT2D eigenvalue weighted by Gasteiger charge is -2.23. The molecular weight excluding hydrogens is 224 g/mol. The summed E-state index contributed by atoms with van der Waals surface area (Å²) in [6.07, 6.45) is 2.77. The van der Waals surface area contributed by atoms with Gasteiger partial charge in [0, 0.05) is 13.1 Å². The molecule has 0 radical (unpaired) electrons. The number of likely N-dealkylation sites (N-methyl/N-ethyl adjacent to an activating group) is 1. The predicted octanol–water partition coefficient (Wildman–Crippen LogP) is 0.162. The second kappa shape index (κ2) is 5.97. The van der Waals surface area contributed by atoms with Gasteiger partial charge in [0.25, 0.3) is 0 Å². The highest BCUT2D eigenvalue weighted by atomic mass is 16.4. The van der Waals surface area contributed by atoms with Gasteiger partial charge in [-0.15, -0.1) is 0 Å². The first kappa shape index (κ1) is 13.1. The average Bonchev–Trinajstić information content (AvgIpc) is 2.81. The number of rotatable bonds is 6. The van der Waals surface area contributed by atoms with Gasteiger partial charge in [-0.25, -0.2) is 9.67 Å². The molecule has 94 valence electrons. The molecule has 0 spiro atoms. The van der Waals surface area contributed by atoms with Crippen molar-refractivity contribution >= 4 is 11.9 Å². The number of hydrogen-bond donors (Lipinski definition) is 1. The molecule has 7 nitrogen and oxygen atoms in total. The number of carboxylic acids is 1. The molecule has 0 bridgehead atoms. The summed E-state index contributed by atoms with van der Waals surface area (Å²) >= 11 is 0. The van der Waals surface area contributed by atoms with Crippen LogP contribution >= 0.6 is 0 Å². The minimum atomic E-state index is -0.912. The van der Waals surface area contributed by atoms with Crippen molar-refractivity contribution in [3.8, 4) is 0 Å². The highest BCUT2D eigenvalue weighted by molar-refractivity contribution is 5.80. The molecule has 0 aliphatic heterocycles. The number of carboxylic acid groups (broad SMARTS) is 1. The van der Waals surface area contributed by atoms with Gasteiger partial charge >= 0.3 is 5.97 Å². The number of carbonyl (C=O) groups excluding carboxylic acids is 1. The maximum Gasteiger partial charge on any atom is 0.305 e. The molecule has 0 saturated carbocycles. The molecule has 0 saturated heterocycles. The Morgan fingerprint density at radius 2 is 2.24 bits per heavy atom. The minimum Gasteiger partial charge on any atom is -0.481 e. The summed E-state index contributed by atoms with van der Waals surface area (Å²) < 4.78 is 1.45. The number of carbonyl (C=O) groups is 2. The molecule has 1 heterocycles. The van der Waals surface area contributed by atoms with Gasteiger partial charge in [0.05, 0.1) is 6.42 Å². The van der Waals surface area contributed by atoms with Gasteiger partial charge in [-0.3, -0.25) is 9.59 Å². The molecule has 0 aliphatic rings. The third kappa shape index (κ3) is 3.54. The summed E-state index contributed by atoms with van der Waals surface area (Å²) in [5, 5.41) is 12.5. The van der Waals surface area contributed by atoms with Crippen LogP contribution in [0.2, 0.25) is 0 Å². The molecule has 0 fully saturated rings. The van der Waals surface area contributed by atoms with Crippen molar-refractivity contribution in [3.05, 3.63) is 12.7 Å². The summed E-state index contributed by atoms with van der Waals surface area (Å²) in [5.41, 5.74) is 0. The molecule has 0 aliphatic carbocycles. The first-order valence-corrected chi connectivity index (χ1v) is 5.41. The summed E-state index contributed by atoms with van der Waals surface area (Å²) in [5.74, 6) is -1.07. The van der Waals surface area contributed by atoms with Gasteiger partial charge in [0.1, 0.15) is 18.7 Å². The highest BCUT2D eigenvalue weighted by Crippen LogP contribution is 2.08. The number of aliphatic carboxylic acids is 1. The van der Waals surface area contributed by atoms with Crippen LogP contribution in [0.25, 0.3) is 0 Å². The van der Waals surface area contributed by atoms with Crippen LogP contribution in [0.15, 0.2) is 12.7 Å². The van der Waals surface area contributed by atoms with Crippen LogP contribution < -0.4 is 0 Å².